The van der Waals surface area contributed by atoms with Crippen LogP contribution in [-0.4, -0.2) is 0 Å². The summed E-state index contributed by atoms with van der Waals surface area (Å²) in [5.74, 6) is 1.20. The highest BCUT2D eigenvalue weighted by Crippen LogP contribution is 2.29. The second-order valence-electron chi connectivity index (χ2n) is 3.98. The Labute approximate surface area is 85.8 Å². The van der Waals surface area contributed by atoms with Crippen molar-refractivity contribution in [3.05, 3.63) is 29.7 Å². The van der Waals surface area contributed by atoms with Crippen LogP contribution in [0.4, 0.5) is 0 Å². The van der Waals surface area contributed by atoms with Gasteiger partial charge >= 0.3 is 0 Å². The van der Waals surface area contributed by atoms with Crippen LogP contribution in [0.2, 0.25) is 0 Å². The molecule has 0 radical (unpaired) electrons. The molecule has 0 unspecified atom stereocenters. The minimum absolute atomic E-state index is 1.11. The molecule has 1 heteroatoms. The fourth-order valence-corrected chi connectivity index (χ4v) is 2.07. The lowest BCUT2D eigenvalue weighted by atomic mass is 10.0. The zero-order valence-electron chi connectivity index (χ0n) is 8.88. The summed E-state index contributed by atoms with van der Waals surface area (Å²) in [6, 6.07) is 2.13. The first-order chi connectivity index (χ1) is 6.92. The predicted octanol–water partition coefficient (Wildman–Crippen LogP) is 4.19. The number of allylic oxidation sites excluding steroid dienone is 2. The Bertz CT molecular complexity index is 320. The Morgan fingerprint density at radius 1 is 1.43 bits per heavy atom. The fourth-order valence-electron chi connectivity index (χ4n) is 2.07. The molecule has 0 spiro atoms. The highest BCUT2D eigenvalue weighted by Gasteiger charge is 2.13. The van der Waals surface area contributed by atoms with E-state index in [1.807, 2.05) is 6.26 Å². The lowest BCUT2D eigenvalue weighted by Crippen LogP contribution is -1.86. The molecule has 0 aromatic carbocycles. The highest BCUT2D eigenvalue weighted by molar-refractivity contribution is 5.67. The molecule has 0 amide bonds. The molecule has 0 saturated carbocycles. The van der Waals surface area contributed by atoms with Crippen LogP contribution in [0.25, 0.3) is 5.57 Å². The highest BCUT2D eigenvalue weighted by atomic mass is 16.3. The van der Waals surface area contributed by atoms with Gasteiger partial charge in [-0.3, -0.25) is 0 Å². The van der Waals surface area contributed by atoms with Gasteiger partial charge in [0.2, 0.25) is 0 Å². The van der Waals surface area contributed by atoms with Crippen LogP contribution in [0.3, 0.4) is 0 Å². The smallest absolute Gasteiger partial charge is 0.111 e. The van der Waals surface area contributed by atoms with E-state index in [1.165, 1.54) is 49.0 Å². The van der Waals surface area contributed by atoms with Crippen LogP contribution >= 0.6 is 0 Å². The summed E-state index contributed by atoms with van der Waals surface area (Å²) < 4.78 is 5.51. The van der Waals surface area contributed by atoms with Crippen LogP contribution < -0.4 is 0 Å². The summed E-state index contributed by atoms with van der Waals surface area (Å²) in [5.41, 5.74) is 2.88. The molecule has 1 heterocycles. The maximum atomic E-state index is 5.51. The number of furan rings is 1. The van der Waals surface area contributed by atoms with Gasteiger partial charge in [-0.05, 0) is 37.3 Å². The van der Waals surface area contributed by atoms with Gasteiger partial charge < -0.3 is 4.42 Å². The first-order valence-electron chi connectivity index (χ1n) is 5.67. The van der Waals surface area contributed by atoms with Crippen molar-refractivity contribution in [1.29, 1.82) is 0 Å². The molecule has 2 rings (SSSR count). The van der Waals surface area contributed by atoms with Crippen molar-refractivity contribution in [2.75, 3.05) is 0 Å². The minimum Gasteiger partial charge on any atom is -0.469 e. The maximum absolute atomic E-state index is 5.51. The molecule has 1 aromatic heterocycles. The number of aryl methyl sites for hydroxylation is 1. The third kappa shape index (κ3) is 1.92. The average molecular weight is 190 g/mol. The van der Waals surface area contributed by atoms with Crippen molar-refractivity contribution in [3.8, 4) is 0 Å². The van der Waals surface area contributed by atoms with Crippen LogP contribution in [0.1, 0.15) is 50.4 Å². The summed E-state index contributed by atoms with van der Waals surface area (Å²) in [4.78, 5) is 0. The Kier molecular flexibility index (Phi) is 3.07. The quantitative estimate of drug-likeness (QED) is 0.696. The van der Waals surface area contributed by atoms with Crippen molar-refractivity contribution in [1.82, 2.24) is 0 Å². The summed E-state index contributed by atoms with van der Waals surface area (Å²) in [6.45, 7) is 2.24. The molecular formula is C13H18O. The molecule has 0 bridgehead atoms. The predicted molar refractivity (Wildman–Crippen MR) is 59.1 cm³/mol. The molecule has 0 saturated heterocycles. The fraction of sp³-hybridized carbons (Fsp3) is 0.538. The van der Waals surface area contributed by atoms with E-state index < -0.39 is 0 Å². The van der Waals surface area contributed by atoms with Gasteiger partial charge in [0.05, 0.1) is 6.26 Å². The molecule has 1 nitrogen and oxygen atoms in total. The Balaban J connectivity index is 2.19. The van der Waals surface area contributed by atoms with E-state index in [-0.39, 0.29) is 0 Å². The summed E-state index contributed by atoms with van der Waals surface area (Å²) in [5, 5.41) is 0. The minimum atomic E-state index is 1.11. The second kappa shape index (κ2) is 4.50. The van der Waals surface area contributed by atoms with Crippen LogP contribution in [0.5, 0.6) is 0 Å². The molecule has 1 aliphatic rings. The van der Waals surface area contributed by atoms with Gasteiger partial charge in [0.25, 0.3) is 0 Å². The van der Waals surface area contributed by atoms with Crippen molar-refractivity contribution in [2.24, 2.45) is 0 Å². The third-order valence-electron chi connectivity index (χ3n) is 2.89. The lowest BCUT2D eigenvalue weighted by molar-refractivity contribution is 0.503. The normalized spacial score (nSPS) is 15.9. The van der Waals surface area contributed by atoms with Crippen molar-refractivity contribution in [2.45, 2.75) is 45.4 Å². The molecular weight excluding hydrogens is 172 g/mol. The molecule has 0 aliphatic heterocycles. The van der Waals surface area contributed by atoms with E-state index >= 15 is 0 Å². The van der Waals surface area contributed by atoms with Gasteiger partial charge in [-0.25, -0.2) is 0 Å². The first-order valence-corrected chi connectivity index (χ1v) is 5.67. The van der Waals surface area contributed by atoms with E-state index in [4.69, 9.17) is 4.42 Å². The SMILES string of the molecule is CCCCC1=CCCCc2occc21. The van der Waals surface area contributed by atoms with Crippen LogP contribution in [0, 0.1) is 0 Å². The van der Waals surface area contributed by atoms with E-state index in [1.54, 1.807) is 0 Å². The first kappa shape index (κ1) is 9.57. The Morgan fingerprint density at radius 3 is 3.21 bits per heavy atom. The van der Waals surface area contributed by atoms with Crippen LogP contribution in [0.15, 0.2) is 22.8 Å². The summed E-state index contributed by atoms with van der Waals surface area (Å²) in [6.07, 6.45) is 11.5. The molecule has 1 aromatic rings. The van der Waals surface area contributed by atoms with Gasteiger partial charge in [-0.2, -0.15) is 0 Å². The van der Waals surface area contributed by atoms with E-state index in [9.17, 15) is 0 Å². The molecule has 0 fully saturated rings. The van der Waals surface area contributed by atoms with Gasteiger partial charge in [-0.1, -0.05) is 19.4 Å². The van der Waals surface area contributed by atoms with Gasteiger partial charge in [-0.15, -0.1) is 0 Å². The van der Waals surface area contributed by atoms with Gasteiger partial charge in [0, 0.05) is 12.0 Å². The van der Waals surface area contributed by atoms with Crippen molar-refractivity contribution >= 4 is 5.57 Å². The molecule has 14 heavy (non-hydrogen) atoms. The van der Waals surface area contributed by atoms with E-state index in [0.29, 0.717) is 0 Å². The average Bonchev–Trinajstić information content (AvgIpc) is 2.58. The van der Waals surface area contributed by atoms with Crippen molar-refractivity contribution < 1.29 is 4.42 Å². The maximum Gasteiger partial charge on any atom is 0.111 e. The molecule has 0 N–H and O–H groups in total. The Hall–Kier alpha value is -0.980. The van der Waals surface area contributed by atoms with Gasteiger partial charge in [0.1, 0.15) is 5.76 Å². The number of hydrogen-bond acceptors (Lipinski definition) is 1. The summed E-state index contributed by atoms with van der Waals surface area (Å²) in [7, 11) is 0. The molecule has 76 valence electrons. The van der Waals surface area contributed by atoms with Crippen LogP contribution in [-0.2, 0) is 6.42 Å². The largest absolute Gasteiger partial charge is 0.469 e. The Morgan fingerprint density at radius 2 is 2.36 bits per heavy atom. The van der Waals surface area contributed by atoms with Crippen molar-refractivity contribution in [3.63, 3.8) is 0 Å². The number of hydrogen-bond donors (Lipinski definition) is 0. The molecule has 0 atom stereocenters. The number of rotatable bonds is 3. The zero-order valence-corrected chi connectivity index (χ0v) is 8.88. The summed E-state index contributed by atoms with van der Waals surface area (Å²) >= 11 is 0. The molecule has 1 aliphatic carbocycles. The standard InChI is InChI=1S/C13H18O/c1-2-3-6-11-7-4-5-8-13-12(11)9-10-14-13/h7,9-10H,2-6,8H2,1H3. The topological polar surface area (TPSA) is 13.1 Å². The lowest BCUT2D eigenvalue weighted by Gasteiger charge is -2.03. The number of fused-ring (bicyclic) bond motifs is 1. The van der Waals surface area contributed by atoms with Gasteiger partial charge in [0.15, 0.2) is 0 Å². The second-order valence-corrected chi connectivity index (χ2v) is 3.98. The zero-order chi connectivity index (χ0) is 9.80. The monoisotopic (exact) mass is 190 g/mol. The van der Waals surface area contributed by atoms with E-state index in [2.05, 4.69) is 19.1 Å². The number of unbranched alkanes of at least 4 members (excludes halogenated alkanes) is 1. The van der Waals surface area contributed by atoms with E-state index in [0.717, 1.165) is 6.42 Å². The third-order valence-corrected chi connectivity index (χ3v) is 2.89.